The minimum absolute atomic E-state index is 0.0412. The first kappa shape index (κ1) is 15.2. The molecule has 0 bridgehead atoms. The zero-order valence-electron chi connectivity index (χ0n) is 11.8. The van der Waals surface area contributed by atoms with Crippen LogP contribution in [0.15, 0.2) is 34.8 Å². The molecule has 0 radical (unpaired) electrons. The van der Waals surface area contributed by atoms with Gasteiger partial charge >= 0.3 is 0 Å². The van der Waals surface area contributed by atoms with E-state index in [0.29, 0.717) is 6.54 Å². The third-order valence-electron chi connectivity index (χ3n) is 3.37. The van der Waals surface area contributed by atoms with Gasteiger partial charge in [0.25, 0.3) is 0 Å². The van der Waals surface area contributed by atoms with Crippen molar-refractivity contribution in [3.8, 4) is 0 Å². The van der Waals surface area contributed by atoms with Gasteiger partial charge in [0.05, 0.1) is 22.5 Å². The Hall–Kier alpha value is -1.17. The van der Waals surface area contributed by atoms with Gasteiger partial charge in [0.15, 0.2) is 0 Å². The Morgan fingerprint density at radius 2 is 2.05 bits per heavy atom. The maximum Gasteiger partial charge on any atom is 0.0739 e. The Balaban J connectivity index is 1.97. The van der Waals surface area contributed by atoms with Gasteiger partial charge in [-0.2, -0.15) is 5.10 Å². The second-order valence-corrected chi connectivity index (χ2v) is 5.71. The Bertz CT molecular complexity index is 554. The topological polar surface area (TPSA) is 50.1 Å². The van der Waals surface area contributed by atoms with E-state index in [-0.39, 0.29) is 12.6 Å². The van der Waals surface area contributed by atoms with Crippen LogP contribution >= 0.6 is 15.9 Å². The van der Waals surface area contributed by atoms with E-state index in [4.69, 9.17) is 0 Å². The SMILES string of the molecule is Cc1nn(C)c(CNC(CO)Cc2ccccc2)c1Br. The molecular formula is C15H20BrN3O. The second-order valence-electron chi connectivity index (χ2n) is 4.92. The van der Waals surface area contributed by atoms with Gasteiger partial charge in [0, 0.05) is 19.6 Å². The second kappa shape index (κ2) is 7.02. The van der Waals surface area contributed by atoms with Gasteiger partial charge in [-0.1, -0.05) is 30.3 Å². The average molecular weight is 338 g/mol. The molecular weight excluding hydrogens is 318 g/mol. The molecule has 108 valence electrons. The molecule has 20 heavy (non-hydrogen) atoms. The molecule has 2 N–H and O–H groups in total. The number of nitrogens with one attached hydrogen (secondary N) is 1. The largest absolute Gasteiger partial charge is 0.395 e. The number of aromatic nitrogens is 2. The van der Waals surface area contributed by atoms with Crippen LogP contribution in [0.5, 0.6) is 0 Å². The van der Waals surface area contributed by atoms with Crippen molar-refractivity contribution in [2.75, 3.05) is 6.61 Å². The number of hydrogen-bond donors (Lipinski definition) is 2. The molecule has 1 aromatic heterocycles. The summed E-state index contributed by atoms with van der Waals surface area (Å²) in [6.07, 6.45) is 0.811. The Morgan fingerprint density at radius 1 is 1.35 bits per heavy atom. The lowest BCUT2D eigenvalue weighted by Gasteiger charge is -2.16. The van der Waals surface area contributed by atoms with Gasteiger partial charge < -0.3 is 10.4 Å². The van der Waals surface area contributed by atoms with Crippen LogP contribution < -0.4 is 5.32 Å². The minimum atomic E-state index is 0.0412. The van der Waals surface area contributed by atoms with Crippen molar-refractivity contribution in [1.29, 1.82) is 0 Å². The fraction of sp³-hybridized carbons (Fsp3) is 0.400. The number of hydrogen-bond acceptors (Lipinski definition) is 3. The van der Waals surface area contributed by atoms with E-state index in [1.165, 1.54) is 5.56 Å². The van der Waals surface area contributed by atoms with E-state index < -0.39 is 0 Å². The molecule has 2 rings (SSSR count). The number of benzene rings is 1. The predicted molar refractivity (Wildman–Crippen MR) is 83.5 cm³/mol. The first-order chi connectivity index (χ1) is 9.61. The highest BCUT2D eigenvalue weighted by Gasteiger charge is 2.13. The molecule has 0 saturated heterocycles. The van der Waals surface area contributed by atoms with Gasteiger partial charge in [-0.3, -0.25) is 4.68 Å². The van der Waals surface area contributed by atoms with Crippen LogP contribution in [0.3, 0.4) is 0 Å². The number of nitrogens with zero attached hydrogens (tertiary/aromatic N) is 2. The molecule has 2 aromatic rings. The van der Waals surface area contributed by atoms with Crippen LogP contribution in [-0.2, 0) is 20.0 Å². The van der Waals surface area contributed by atoms with Crippen molar-refractivity contribution >= 4 is 15.9 Å². The van der Waals surface area contributed by atoms with Gasteiger partial charge in [0.2, 0.25) is 0 Å². The molecule has 1 atom stereocenters. The molecule has 0 fully saturated rings. The highest BCUT2D eigenvalue weighted by atomic mass is 79.9. The Kier molecular flexibility index (Phi) is 5.34. The summed E-state index contributed by atoms with van der Waals surface area (Å²) in [5.74, 6) is 0. The molecule has 0 aliphatic heterocycles. The smallest absolute Gasteiger partial charge is 0.0739 e. The van der Waals surface area contributed by atoms with E-state index in [2.05, 4.69) is 38.5 Å². The summed E-state index contributed by atoms with van der Waals surface area (Å²) in [6, 6.07) is 10.2. The molecule has 0 aliphatic rings. The van der Waals surface area contributed by atoms with Crippen molar-refractivity contribution in [2.45, 2.75) is 25.9 Å². The van der Waals surface area contributed by atoms with Crippen molar-refractivity contribution in [3.63, 3.8) is 0 Å². The molecule has 0 amide bonds. The standard InChI is InChI=1S/C15H20BrN3O/c1-11-15(16)14(19(2)18-11)9-17-13(10-20)8-12-6-4-3-5-7-12/h3-7,13,17,20H,8-10H2,1-2H3. The molecule has 4 nitrogen and oxygen atoms in total. The quantitative estimate of drug-likeness (QED) is 0.849. The van der Waals surface area contributed by atoms with Gasteiger partial charge in [0.1, 0.15) is 0 Å². The van der Waals surface area contributed by atoms with Crippen LogP contribution in [0.25, 0.3) is 0 Å². The van der Waals surface area contributed by atoms with E-state index in [1.807, 2.05) is 36.9 Å². The van der Waals surface area contributed by atoms with Gasteiger partial charge in [-0.05, 0) is 34.8 Å². The molecule has 5 heteroatoms. The summed E-state index contributed by atoms with van der Waals surface area (Å²) in [6.45, 7) is 2.76. The van der Waals surface area contributed by atoms with E-state index in [0.717, 1.165) is 22.3 Å². The van der Waals surface area contributed by atoms with Crippen molar-refractivity contribution < 1.29 is 5.11 Å². The highest BCUT2D eigenvalue weighted by molar-refractivity contribution is 9.10. The van der Waals surface area contributed by atoms with Crippen LogP contribution in [0.1, 0.15) is 17.0 Å². The number of aliphatic hydroxyl groups is 1. The fourth-order valence-corrected chi connectivity index (χ4v) is 2.69. The first-order valence-corrected chi connectivity index (χ1v) is 7.47. The zero-order chi connectivity index (χ0) is 14.5. The van der Waals surface area contributed by atoms with Crippen molar-refractivity contribution in [3.05, 3.63) is 51.8 Å². The number of aliphatic hydroxyl groups excluding tert-OH is 1. The lowest BCUT2D eigenvalue weighted by molar-refractivity contribution is 0.240. The summed E-state index contributed by atoms with van der Waals surface area (Å²) in [7, 11) is 1.93. The summed E-state index contributed by atoms with van der Waals surface area (Å²) in [4.78, 5) is 0. The normalized spacial score (nSPS) is 12.6. The highest BCUT2D eigenvalue weighted by Crippen LogP contribution is 2.20. The van der Waals surface area contributed by atoms with Crippen molar-refractivity contribution in [1.82, 2.24) is 15.1 Å². The minimum Gasteiger partial charge on any atom is -0.395 e. The summed E-state index contributed by atoms with van der Waals surface area (Å²) in [5.41, 5.74) is 3.29. The van der Waals surface area contributed by atoms with Crippen LogP contribution in [0.4, 0.5) is 0 Å². The molecule has 1 unspecified atom stereocenters. The maximum atomic E-state index is 9.51. The van der Waals surface area contributed by atoms with Crippen LogP contribution in [-0.4, -0.2) is 27.5 Å². The third kappa shape index (κ3) is 3.69. The van der Waals surface area contributed by atoms with Crippen LogP contribution in [0.2, 0.25) is 0 Å². The molecule has 0 aliphatic carbocycles. The van der Waals surface area contributed by atoms with E-state index >= 15 is 0 Å². The number of halogens is 1. The summed E-state index contributed by atoms with van der Waals surface area (Å²) in [5, 5.41) is 17.3. The molecule has 0 saturated carbocycles. The maximum absolute atomic E-state index is 9.51. The average Bonchev–Trinajstić information content (AvgIpc) is 2.70. The third-order valence-corrected chi connectivity index (χ3v) is 4.40. The van der Waals surface area contributed by atoms with Gasteiger partial charge in [-0.25, -0.2) is 0 Å². The molecule has 0 spiro atoms. The summed E-state index contributed by atoms with van der Waals surface area (Å²) >= 11 is 3.55. The summed E-state index contributed by atoms with van der Waals surface area (Å²) < 4.78 is 2.90. The number of rotatable bonds is 6. The van der Waals surface area contributed by atoms with Crippen LogP contribution in [0, 0.1) is 6.92 Å². The van der Waals surface area contributed by atoms with Crippen molar-refractivity contribution in [2.24, 2.45) is 7.05 Å². The lowest BCUT2D eigenvalue weighted by atomic mass is 10.1. The monoisotopic (exact) mass is 337 g/mol. The number of aryl methyl sites for hydroxylation is 2. The van der Waals surface area contributed by atoms with E-state index in [9.17, 15) is 5.11 Å². The van der Waals surface area contributed by atoms with Gasteiger partial charge in [-0.15, -0.1) is 0 Å². The molecule has 1 aromatic carbocycles. The predicted octanol–water partition coefficient (Wildman–Crippen LogP) is 2.18. The lowest BCUT2D eigenvalue weighted by Crippen LogP contribution is -2.34. The fourth-order valence-electron chi connectivity index (χ4n) is 2.21. The first-order valence-electron chi connectivity index (χ1n) is 6.68. The Morgan fingerprint density at radius 3 is 2.60 bits per heavy atom. The Labute approximate surface area is 127 Å². The molecule has 1 heterocycles. The van der Waals surface area contributed by atoms with E-state index in [1.54, 1.807) is 0 Å². The zero-order valence-corrected chi connectivity index (χ0v) is 13.4.